The number of carboxylic acid groups (broad SMARTS) is 1. The first-order chi connectivity index (χ1) is 14.4. The molecule has 3 heterocycles. The minimum atomic E-state index is -1.25. The lowest BCUT2D eigenvalue weighted by atomic mass is 9.91. The first kappa shape index (κ1) is 21.5. The van der Waals surface area contributed by atoms with Crippen molar-refractivity contribution in [3.05, 3.63) is 54.4 Å². The number of amides is 1. The number of nitrogens with zero attached hydrogens (tertiary/aromatic N) is 2. The van der Waals surface area contributed by atoms with Gasteiger partial charge in [0.05, 0.1) is 38.9 Å². The summed E-state index contributed by atoms with van der Waals surface area (Å²) in [5.41, 5.74) is 1.14. The number of carbonyl (C=O) groups is 2. The molecular formula is C21H22N2O4S3. The van der Waals surface area contributed by atoms with E-state index in [-0.39, 0.29) is 15.9 Å². The monoisotopic (exact) mass is 462 g/mol. The second-order valence-electron chi connectivity index (χ2n) is 7.35. The van der Waals surface area contributed by atoms with Crippen LogP contribution in [-0.4, -0.2) is 50.2 Å². The van der Waals surface area contributed by atoms with E-state index >= 15 is 0 Å². The van der Waals surface area contributed by atoms with Gasteiger partial charge in [0.2, 0.25) is 5.91 Å². The standard InChI is InChI=1S/C21H22N2O4S3/c1-12(24)16-18(25)23-17(20(26)27)21(30-19(16)23)29-14-7-5-13(6-8-14)10-22-9-3-4-15(11-22)28-2/h3-9,11-12,16-17,19,21,24H,10H2,1-2H3/t12-,16+,17?,19-,21?/m1/s1. The van der Waals surface area contributed by atoms with E-state index < -0.39 is 24.0 Å². The highest BCUT2D eigenvalue weighted by Crippen LogP contribution is 2.53. The summed E-state index contributed by atoms with van der Waals surface area (Å²) < 4.78 is 1.76. The van der Waals surface area contributed by atoms with Crippen LogP contribution >= 0.6 is 35.3 Å². The maximum Gasteiger partial charge on any atom is 0.232 e. The highest BCUT2D eigenvalue weighted by atomic mass is 32.2. The first-order valence-corrected chi connectivity index (χ1v) is 12.6. The van der Waals surface area contributed by atoms with Crippen molar-refractivity contribution in [3.8, 4) is 0 Å². The van der Waals surface area contributed by atoms with Crippen molar-refractivity contribution in [2.45, 2.75) is 45.4 Å². The number of aliphatic hydroxyl groups is 1. The van der Waals surface area contributed by atoms with Gasteiger partial charge in [0.15, 0.2) is 18.9 Å². The van der Waals surface area contributed by atoms with Crippen LogP contribution in [0.2, 0.25) is 0 Å². The number of carboxylic acids is 1. The summed E-state index contributed by atoms with van der Waals surface area (Å²) in [7, 11) is 0. The van der Waals surface area contributed by atoms with E-state index in [0.29, 0.717) is 0 Å². The van der Waals surface area contributed by atoms with E-state index in [2.05, 4.69) is 16.8 Å². The summed E-state index contributed by atoms with van der Waals surface area (Å²) in [6.45, 7) is 2.32. The molecule has 0 aliphatic carbocycles. The highest BCUT2D eigenvalue weighted by molar-refractivity contribution is 8.17. The molecule has 4 rings (SSSR count). The number of benzene rings is 1. The maximum atomic E-state index is 12.3. The van der Waals surface area contributed by atoms with Gasteiger partial charge in [-0.15, -0.1) is 35.3 Å². The van der Waals surface area contributed by atoms with Crippen LogP contribution in [0.25, 0.3) is 0 Å². The van der Waals surface area contributed by atoms with Crippen molar-refractivity contribution < 1.29 is 24.4 Å². The number of thioether (sulfide) groups is 3. The van der Waals surface area contributed by atoms with Gasteiger partial charge in [0.1, 0.15) is 0 Å². The molecule has 5 atom stereocenters. The zero-order valence-corrected chi connectivity index (χ0v) is 19.0. The van der Waals surface area contributed by atoms with Crippen molar-refractivity contribution in [1.29, 1.82) is 0 Å². The predicted molar refractivity (Wildman–Crippen MR) is 116 cm³/mol. The van der Waals surface area contributed by atoms with E-state index in [4.69, 9.17) is 0 Å². The predicted octanol–water partition coefficient (Wildman–Crippen LogP) is 1.19. The van der Waals surface area contributed by atoms with Gasteiger partial charge >= 0.3 is 0 Å². The maximum absolute atomic E-state index is 12.3. The van der Waals surface area contributed by atoms with Gasteiger partial charge in [0.25, 0.3) is 0 Å². The summed E-state index contributed by atoms with van der Waals surface area (Å²) in [5.74, 6) is -2.10. The van der Waals surface area contributed by atoms with Crippen LogP contribution in [0, 0.1) is 5.92 Å². The van der Waals surface area contributed by atoms with E-state index in [1.807, 2.05) is 42.8 Å². The Morgan fingerprint density at radius 3 is 2.67 bits per heavy atom. The topological polar surface area (TPSA) is 84.5 Å². The molecule has 0 saturated carbocycles. The molecule has 1 aromatic heterocycles. The molecule has 2 aromatic rings. The highest BCUT2D eigenvalue weighted by Gasteiger charge is 2.60. The number of aliphatic carboxylic acids is 1. The summed E-state index contributed by atoms with van der Waals surface area (Å²) >= 11 is 4.55. The molecule has 6 nitrogen and oxygen atoms in total. The van der Waals surface area contributed by atoms with Crippen LogP contribution < -0.4 is 9.67 Å². The van der Waals surface area contributed by atoms with Gasteiger partial charge in [-0.2, -0.15) is 4.57 Å². The Balaban J connectivity index is 1.45. The number of rotatable bonds is 7. The largest absolute Gasteiger partial charge is 0.548 e. The SMILES string of the molecule is CSc1ccc[n+](Cc2ccc(SC3S[C@@H]4[C@@H]([C@@H](C)O)C(=O)N4C3C(=O)[O-])cc2)c1. The van der Waals surface area contributed by atoms with Crippen LogP contribution in [0.15, 0.2) is 58.6 Å². The third-order valence-corrected chi connectivity index (χ3v) is 9.02. The molecule has 1 aromatic carbocycles. The van der Waals surface area contributed by atoms with Crippen molar-refractivity contribution in [2.75, 3.05) is 6.26 Å². The van der Waals surface area contributed by atoms with Gasteiger partial charge in [0, 0.05) is 16.5 Å². The van der Waals surface area contributed by atoms with Crippen LogP contribution in [0.3, 0.4) is 0 Å². The molecule has 30 heavy (non-hydrogen) atoms. The Labute approximate surface area is 188 Å². The fourth-order valence-electron chi connectivity index (χ4n) is 3.80. The number of hydrogen-bond acceptors (Lipinski definition) is 7. The minimum Gasteiger partial charge on any atom is -0.548 e. The molecule has 2 fully saturated rings. The number of carbonyl (C=O) groups excluding carboxylic acids is 2. The van der Waals surface area contributed by atoms with Crippen molar-refractivity contribution >= 4 is 47.2 Å². The molecule has 1 amide bonds. The number of β-lactam (4-membered cyclic amide) rings is 1. The first-order valence-electron chi connectivity index (χ1n) is 9.54. The van der Waals surface area contributed by atoms with Gasteiger partial charge < -0.3 is 19.9 Å². The summed E-state index contributed by atoms with van der Waals surface area (Å²) in [6, 6.07) is 11.1. The average Bonchev–Trinajstić information content (AvgIpc) is 3.03. The molecule has 2 saturated heterocycles. The fraction of sp³-hybridized carbons (Fsp3) is 0.381. The quantitative estimate of drug-likeness (QED) is 0.376. The lowest BCUT2D eigenvalue weighted by molar-refractivity contribution is -0.690. The number of pyridine rings is 1. The zero-order valence-electron chi connectivity index (χ0n) is 16.5. The third-order valence-electron chi connectivity index (χ3n) is 5.32. The smallest absolute Gasteiger partial charge is 0.232 e. The Morgan fingerprint density at radius 2 is 2.03 bits per heavy atom. The van der Waals surface area contributed by atoms with Crippen molar-refractivity contribution in [2.24, 2.45) is 5.92 Å². The molecule has 2 unspecified atom stereocenters. The van der Waals surface area contributed by atoms with Gasteiger partial charge in [-0.1, -0.05) is 12.1 Å². The minimum absolute atomic E-state index is 0.306. The van der Waals surface area contributed by atoms with Crippen molar-refractivity contribution in [3.63, 3.8) is 0 Å². The Bertz CT molecular complexity index is 954. The van der Waals surface area contributed by atoms with Gasteiger partial charge in [-0.25, -0.2) is 0 Å². The summed E-state index contributed by atoms with van der Waals surface area (Å²) in [5, 5.41) is 21.3. The summed E-state index contributed by atoms with van der Waals surface area (Å²) in [6.07, 6.45) is 5.39. The molecule has 0 bridgehead atoms. The molecular weight excluding hydrogens is 440 g/mol. The third kappa shape index (κ3) is 4.08. The van der Waals surface area contributed by atoms with E-state index in [1.165, 1.54) is 33.3 Å². The van der Waals surface area contributed by atoms with Crippen LogP contribution in [0.4, 0.5) is 0 Å². The summed E-state index contributed by atoms with van der Waals surface area (Å²) in [4.78, 5) is 27.5. The lowest BCUT2D eigenvalue weighted by Crippen LogP contribution is -2.65. The van der Waals surface area contributed by atoms with Crippen LogP contribution in [-0.2, 0) is 16.1 Å². The lowest BCUT2D eigenvalue weighted by Gasteiger charge is -2.45. The van der Waals surface area contributed by atoms with Gasteiger partial charge in [-0.3, -0.25) is 4.79 Å². The fourth-order valence-corrected chi connectivity index (χ4v) is 7.63. The molecule has 0 radical (unpaired) electrons. The molecule has 2 aliphatic rings. The second kappa shape index (κ2) is 8.82. The van der Waals surface area contributed by atoms with Crippen LogP contribution in [0.5, 0.6) is 0 Å². The van der Waals surface area contributed by atoms with E-state index in [1.54, 1.807) is 18.7 Å². The number of aliphatic hydroxyl groups excluding tert-OH is 1. The average molecular weight is 463 g/mol. The molecule has 0 spiro atoms. The molecule has 158 valence electrons. The van der Waals surface area contributed by atoms with E-state index in [9.17, 15) is 19.8 Å². The molecule has 9 heteroatoms. The van der Waals surface area contributed by atoms with E-state index in [0.717, 1.165) is 17.0 Å². The molecule has 1 N–H and O–H groups in total. The Hall–Kier alpha value is -1.68. The Morgan fingerprint density at radius 1 is 1.30 bits per heavy atom. The number of hydrogen-bond donors (Lipinski definition) is 1. The second-order valence-corrected chi connectivity index (χ2v) is 11.0. The number of fused-ring (bicyclic) bond motifs is 1. The van der Waals surface area contributed by atoms with Crippen LogP contribution in [0.1, 0.15) is 12.5 Å². The van der Waals surface area contributed by atoms with Crippen molar-refractivity contribution in [1.82, 2.24) is 4.90 Å². The van der Waals surface area contributed by atoms with Gasteiger partial charge in [-0.05, 0) is 31.4 Å². The normalized spacial score (nSPS) is 26.2. The zero-order chi connectivity index (χ0) is 21.4. The Kier molecular flexibility index (Phi) is 6.34. The molecule has 2 aliphatic heterocycles. The number of aromatic nitrogens is 1.